The molecule has 4 aliphatic rings. The van der Waals surface area contributed by atoms with Crippen LogP contribution < -0.4 is 10.6 Å². The molecule has 0 aromatic heterocycles. The second-order valence-electron chi connectivity index (χ2n) is 24.6. The maximum absolute atomic E-state index is 15.7. The fourth-order valence-corrected chi connectivity index (χ4v) is 13.0. The highest BCUT2D eigenvalue weighted by atomic mass is 16.5. The van der Waals surface area contributed by atoms with Crippen molar-refractivity contribution in [2.45, 2.75) is 264 Å². The number of rotatable bonds is 13. The number of esters is 2. The third kappa shape index (κ3) is 11.3. The minimum atomic E-state index is -0.593. The average molecular weight is 787 g/mol. The van der Waals surface area contributed by atoms with Crippen LogP contribution in [0.1, 0.15) is 207 Å². The minimum Gasteiger partial charge on any atom is -0.462 e. The van der Waals surface area contributed by atoms with Gasteiger partial charge in [-0.05, 0) is 175 Å². The van der Waals surface area contributed by atoms with E-state index in [4.69, 9.17) is 9.47 Å². The Balaban J connectivity index is 1.54. The number of nitrogens with one attached hydrogen (secondary N) is 2. The summed E-state index contributed by atoms with van der Waals surface area (Å²) < 4.78 is 13.1. The van der Waals surface area contributed by atoms with Gasteiger partial charge in [0.25, 0.3) is 0 Å². The number of hydrogen-bond acceptors (Lipinski definition) is 8. The summed E-state index contributed by atoms with van der Waals surface area (Å²) in [7, 11) is 4.41. The lowest BCUT2D eigenvalue weighted by molar-refractivity contribution is -0.186. The van der Waals surface area contributed by atoms with Crippen molar-refractivity contribution in [3.8, 4) is 0 Å². The van der Waals surface area contributed by atoms with Crippen molar-refractivity contribution in [1.29, 1.82) is 0 Å². The van der Waals surface area contributed by atoms with Crippen molar-refractivity contribution in [1.82, 2.24) is 20.4 Å². The summed E-state index contributed by atoms with van der Waals surface area (Å²) in [6.07, 6.45) is 13.4. The van der Waals surface area contributed by atoms with Crippen LogP contribution in [-0.4, -0.2) is 92.4 Å². The molecule has 8 nitrogen and oxygen atoms in total. The van der Waals surface area contributed by atoms with E-state index in [2.05, 4.69) is 145 Å². The Morgan fingerprint density at radius 3 is 1.20 bits per heavy atom. The molecular formula is C48H90N4O4. The van der Waals surface area contributed by atoms with Crippen molar-refractivity contribution < 1.29 is 19.1 Å². The summed E-state index contributed by atoms with van der Waals surface area (Å²) >= 11 is 0. The Labute approximate surface area is 345 Å². The van der Waals surface area contributed by atoms with Gasteiger partial charge in [-0.15, -0.1) is 0 Å². The highest BCUT2D eigenvalue weighted by Crippen LogP contribution is 2.56. The number of piperidine rings is 4. The third-order valence-electron chi connectivity index (χ3n) is 15.3. The van der Waals surface area contributed by atoms with Crippen LogP contribution in [0.5, 0.6) is 0 Å². The van der Waals surface area contributed by atoms with Gasteiger partial charge in [-0.2, -0.15) is 0 Å². The Bertz CT molecular complexity index is 1270. The second-order valence-corrected chi connectivity index (χ2v) is 24.6. The number of ether oxygens (including phenoxy) is 2. The Morgan fingerprint density at radius 2 is 0.821 bits per heavy atom. The van der Waals surface area contributed by atoms with E-state index < -0.39 is 5.41 Å². The Hall–Kier alpha value is -1.22. The summed E-state index contributed by atoms with van der Waals surface area (Å²) in [5.74, 6) is 0.416. The lowest BCUT2D eigenvalue weighted by Gasteiger charge is -2.58. The van der Waals surface area contributed by atoms with Crippen molar-refractivity contribution in [3.05, 3.63) is 0 Å². The molecular weight excluding hydrogens is 697 g/mol. The summed E-state index contributed by atoms with van der Waals surface area (Å²) in [5.41, 5.74) is -1.13. The zero-order valence-electron chi connectivity index (χ0n) is 39.9. The zero-order valence-corrected chi connectivity index (χ0v) is 39.9. The van der Waals surface area contributed by atoms with E-state index in [0.717, 1.165) is 89.9 Å². The molecule has 0 aromatic rings. The van der Waals surface area contributed by atoms with Gasteiger partial charge >= 0.3 is 11.9 Å². The SMILES string of the molecule is CN1C(C)(C)CC(OC(=O)CCCCCCCC(C(=O)OC2CC(C)(C)N(C)C(C)(C)C2)(C2CC(C)(C)NC(C)(C)C2)C2CC(C)(C)NC(C)(C)C2)CC1(C)C. The van der Waals surface area contributed by atoms with E-state index in [0.29, 0.717) is 6.42 Å². The van der Waals surface area contributed by atoms with Crippen LogP contribution in [0.4, 0.5) is 0 Å². The van der Waals surface area contributed by atoms with Crippen LogP contribution >= 0.6 is 0 Å². The Morgan fingerprint density at radius 1 is 0.500 bits per heavy atom. The van der Waals surface area contributed by atoms with E-state index in [-0.39, 0.29) is 80.3 Å². The predicted octanol–water partition coefficient (Wildman–Crippen LogP) is 10.2. The number of likely N-dealkylation sites (tertiary alicyclic amines) is 2. The molecule has 0 saturated carbocycles. The smallest absolute Gasteiger partial charge is 0.312 e. The molecule has 0 aromatic carbocycles. The van der Waals surface area contributed by atoms with E-state index >= 15 is 4.79 Å². The first-order valence-electron chi connectivity index (χ1n) is 22.7. The molecule has 4 rings (SSSR count). The molecule has 4 saturated heterocycles. The van der Waals surface area contributed by atoms with Crippen LogP contribution in [0.15, 0.2) is 0 Å². The van der Waals surface area contributed by atoms with Gasteiger partial charge < -0.3 is 20.1 Å². The summed E-state index contributed by atoms with van der Waals surface area (Å²) in [5, 5.41) is 7.88. The fourth-order valence-electron chi connectivity index (χ4n) is 13.0. The van der Waals surface area contributed by atoms with E-state index in [9.17, 15) is 4.79 Å². The molecule has 4 aliphatic heterocycles. The molecule has 56 heavy (non-hydrogen) atoms. The van der Waals surface area contributed by atoms with Crippen molar-refractivity contribution >= 4 is 11.9 Å². The van der Waals surface area contributed by atoms with Crippen molar-refractivity contribution in [2.75, 3.05) is 14.1 Å². The highest BCUT2D eigenvalue weighted by Gasteiger charge is 2.60. The largest absolute Gasteiger partial charge is 0.462 e. The number of hydrogen-bond donors (Lipinski definition) is 2. The van der Waals surface area contributed by atoms with Gasteiger partial charge in [-0.1, -0.05) is 25.7 Å². The molecule has 326 valence electrons. The number of carbonyl (C=O) groups excluding carboxylic acids is 2. The monoisotopic (exact) mass is 787 g/mol. The number of unbranched alkanes of at least 4 members (excludes halogenated alkanes) is 4. The van der Waals surface area contributed by atoms with E-state index in [1.165, 1.54) is 0 Å². The van der Waals surface area contributed by atoms with Gasteiger partial charge in [0, 0.05) is 76.4 Å². The van der Waals surface area contributed by atoms with Gasteiger partial charge in [0.2, 0.25) is 0 Å². The van der Waals surface area contributed by atoms with Crippen LogP contribution in [0.25, 0.3) is 0 Å². The highest BCUT2D eigenvalue weighted by molar-refractivity contribution is 5.78. The normalized spacial score (nSPS) is 28.1. The van der Waals surface area contributed by atoms with Gasteiger partial charge in [0.1, 0.15) is 12.2 Å². The first-order chi connectivity index (χ1) is 25.2. The van der Waals surface area contributed by atoms with Crippen LogP contribution in [-0.2, 0) is 19.1 Å². The molecule has 4 heterocycles. The van der Waals surface area contributed by atoms with Gasteiger partial charge in [-0.3, -0.25) is 19.4 Å². The summed E-state index contributed by atoms with van der Waals surface area (Å²) in [6, 6.07) is 0. The average Bonchev–Trinajstić information content (AvgIpc) is 2.96. The lowest BCUT2D eigenvalue weighted by Crippen LogP contribution is -2.66. The molecule has 4 fully saturated rings. The van der Waals surface area contributed by atoms with E-state index in [1.807, 2.05) is 0 Å². The van der Waals surface area contributed by atoms with Crippen LogP contribution in [0.2, 0.25) is 0 Å². The lowest BCUT2D eigenvalue weighted by atomic mass is 9.52. The molecule has 0 bridgehead atoms. The molecule has 0 unspecified atom stereocenters. The molecule has 0 amide bonds. The topological polar surface area (TPSA) is 83.1 Å². The maximum atomic E-state index is 15.7. The van der Waals surface area contributed by atoms with Gasteiger partial charge in [0.15, 0.2) is 0 Å². The quantitative estimate of drug-likeness (QED) is 0.141. The number of carbonyl (C=O) groups is 2. The first kappa shape index (κ1) is 47.5. The van der Waals surface area contributed by atoms with E-state index in [1.54, 1.807) is 0 Å². The fraction of sp³-hybridized carbons (Fsp3) is 0.958. The van der Waals surface area contributed by atoms with Gasteiger partial charge in [-0.25, -0.2) is 0 Å². The predicted molar refractivity (Wildman–Crippen MR) is 233 cm³/mol. The second kappa shape index (κ2) is 16.3. The summed E-state index contributed by atoms with van der Waals surface area (Å²) in [6.45, 7) is 36.8. The Kier molecular flexibility index (Phi) is 13.8. The zero-order chi connectivity index (χ0) is 42.6. The van der Waals surface area contributed by atoms with Crippen LogP contribution in [0, 0.1) is 17.3 Å². The molecule has 2 N–H and O–H groups in total. The number of nitrogens with zero attached hydrogens (tertiary/aromatic N) is 2. The molecule has 0 radical (unpaired) electrons. The summed E-state index contributed by atoms with van der Waals surface area (Å²) in [4.78, 5) is 33.6. The van der Waals surface area contributed by atoms with Crippen molar-refractivity contribution in [3.63, 3.8) is 0 Å². The molecule has 0 spiro atoms. The standard InChI is InChI=1S/C48H90N4O4/c1-40(2)26-34(27-41(3,4)49-40)48(35-28-42(5,6)50-43(7,8)29-35,39(54)56-37-32-46(13,14)52(18)47(15,16)33-37)25-23-21-19-20-22-24-38(53)55-36-30-44(9,10)51(17)45(11,12)31-36/h34-37,49-50H,19-33H2,1-18H3. The molecule has 0 aliphatic carbocycles. The maximum Gasteiger partial charge on any atom is 0.312 e. The molecule has 8 heteroatoms. The minimum absolute atomic E-state index is 0.00603. The first-order valence-corrected chi connectivity index (χ1v) is 22.7. The third-order valence-corrected chi connectivity index (χ3v) is 15.3. The van der Waals surface area contributed by atoms with Crippen LogP contribution in [0.3, 0.4) is 0 Å². The van der Waals surface area contributed by atoms with Crippen molar-refractivity contribution in [2.24, 2.45) is 17.3 Å². The molecule has 0 atom stereocenters. The van der Waals surface area contributed by atoms with Gasteiger partial charge in [0.05, 0.1) is 5.41 Å².